The fourth-order valence-corrected chi connectivity index (χ4v) is 2.61. The highest BCUT2D eigenvalue weighted by Crippen LogP contribution is 2.23. The van der Waals surface area contributed by atoms with Gasteiger partial charge in [-0.15, -0.1) is 0 Å². The quantitative estimate of drug-likeness (QED) is 0.807. The van der Waals surface area contributed by atoms with Crippen LogP contribution in [-0.4, -0.2) is 37.1 Å². The Labute approximate surface area is 121 Å². The normalized spacial score (nSPS) is 13.0. The van der Waals surface area contributed by atoms with Crippen molar-refractivity contribution in [1.82, 2.24) is 5.32 Å². The Morgan fingerprint density at radius 1 is 1.40 bits per heavy atom. The van der Waals surface area contributed by atoms with Crippen LogP contribution in [0.5, 0.6) is 0 Å². The van der Waals surface area contributed by atoms with Gasteiger partial charge < -0.3 is 5.32 Å². The van der Waals surface area contributed by atoms with Crippen LogP contribution in [0.2, 0.25) is 0 Å². The molecule has 0 aromatic heterocycles. The number of hydrogen-bond acceptors (Lipinski definition) is 4. The summed E-state index contributed by atoms with van der Waals surface area (Å²) in [6.45, 7) is -0.0269. The summed E-state index contributed by atoms with van der Waals surface area (Å²) in [4.78, 5) is 10.5. The Morgan fingerprint density at radius 2 is 2.00 bits per heavy atom. The van der Waals surface area contributed by atoms with Crippen LogP contribution in [0.3, 0.4) is 0 Å². The van der Waals surface area contributed by atoms with E-state index in [0.717, 1.165) is 0 Å². The molecule has 0 bridgehead atoms. The lowest BCUT2D eigenvalue weighted by molar-refractivity contribution is 0.0951. The zero-order chi connectivity index (χ0) is 15.5. The molecule has 1 N–H and O–H groups in total. The minimum absolute atomic E-state index is 0.0269. The van der Waals surface area contributed by atoms with E-state index in [1.54, 1.807) is 0 Å². The van der Waals surface area contributed by atoms with Gasteiger partial charge in [0.05, 0.1) is 5.56 Å². The molecule has 0 aliphatic heterocycles. The number of nitrogens with one attached hydrogen (secondary N) is 1. The average molecular weight is 346 g/mol. The molecule has 20 heavy (non-hydrogen) atoms. The number of carbonyl (C=O) groups is 1. The molecule has 10 heteroatoms. The van der Waals surface area contributed by atoms with Crippen molar-refractivity contribution in [2.45, 2.75) is 4.90 Å². The second-order valence-electron chi connectivity index (χ2n) is 3.74. The van der Waals surface area contributed by atoms with Gasteiger partial charge >= 0.3 is 0 Å². The highest BCUT2D eigenvalue weighted by molar-refractivity contribution is 8.13. The summed E-state index contributed by atoms with van der Waals surface area (Å²) < 4.78 is 60.0. The van der Waals surface area contributed by atoms with E-state index in [-0.39, 0.29) is 12.3 Å². The van der Waals surface area contributed by atoms with Gasteiger partial charge in [0.1, 0.15) is 10.7 Å². The van der Waals surface area contributed by atoms with Crippen LogP contribution in [0.4, 0.5) is 8.78 Å². The summed E-state index contributed by atoms with van der Waals surface area (Å²) in [6.07, 6.45) is 1.41. The van der Waals surface area contributed by atoms with Gasteiger partial charge in [-0.25, -0.2) is 17.2 Å². The van der Waals surface area contributed by atoms with Crippen molar-refractivity contribution in [3.63, 3.8) is 0 Å². The van der Waals surface area contributed by atoms with E-state index in [4.69, 9.17) is 10.7 Å². The first-order chi connectivity index (χ1) is 9.12. The summed E-state index contributed by atoms with van der Waals surface area (Å²) in [5.74, 6) is -3.44. The van der Waals surface area contributed by atoms with Crippen LogP contribution >= 0.6 is 10.7 Å². The number of amides is 1. The topological polar surface area (TPSA) is 80.3 Å². The predicted molar refractivity (Wildman–Crippen MR) is 70.7 cm³/mol. The van der Waals surface area contributed by atoms with E-state index < -0.39 is 47.9 Å². The van der Waals surface area contributed by atoms with E-state index in [1.165, 1.54) is 6.26 Å². The second-order valence-corrected chi connectivity index (χ2v) is 7.83. The van der Waals surface area contributed by atoms with Crippen molar-refractivity contribution >= 4 is 36.4 Å². The maximum Gasteiger partial charge on any atom is 0.264 e. The van der Waals surface area contributed by atoms with Gasteiger partial charge in [-0.05, 0) is 12.1 Å². The van der Waals surface area contributed by atoms with Gasteiger partial charge in [-0.2, -0.15) is 0 Å². The van der Waals surface area contributed by atoms with E-state index >= 15 is 0 Å². The fourth-order valence-electron chi connectivity index (χ4n) is 1.31. The third-order valence-electron chi connectivity index (χ3n) is 2.19. The molecule has 0 saturated carbocycles. The van der Waals surface area contributed by atoms with Crippen LogP contribution in [0.1, 0.15) is 10.4 Å². The predicted octanol–water partition coefficient (Wildman–Crippen LogP) is 1.00. The molecule has 1 aromatic carbocycles. The maximum absolute atomic E-state index is 13.8. The van der Waals surface area contributed by atoms with Gasteiger partial charge in [-0.1, -0.05) is 0 Å². The minimum atomic E-state index is -4.52. The lowest BCUT2D eigenvalue weighted by Crippen LogP contribution is -2.28. The van der Waals surface area contributed by atoms with Crippen molar-refractivity contribution < 1.29 is 26.2 Å². The molecule has 0 saturated heterocycles. The number of rotatable bonds is 5. The van der Waals surface area contributed by atoms with Gasteiger partial charge in [0.25, 0.3) is 15.0 Å². The lowest BCUT2D eigenvalue weighted by atomic mass is 10.2. The van der Waals surface area contributed by atoms with Gasteiger partial charge in [0.15, 0.2) is 5.82 Å². The number of hydrogen-bond donors (Lipinski definition) is 1. The van der Waals surface area contributed by atoms with E-state index in [9.17, 15) is 26.2 Å². The third kappa shape index (κ3) is 4.50. The highest BCUT2D eigenvalue weighted by atomic mass is 35.7. The molecular formula is C10H10ClF2NO4S2. The maximum atomic E-state index is 13.8. The van der Waals surface area contributed by atoms with Crippen molar-refractivity contribution in [2.24, 2.45) is 0 Å². The molecule has 0 heterocycles. The van der Waals surface area contributed by atoms with Gasteiger partial charge in [0.2, 0.25) is 0 Å². The summed E-state index contributed by atoms with van der Waals surface area (Å²) in [6, 6.07) is 0.939. The lowest BCUT2D eigenvalue weighted by Gasteiger charge is -2.07. The second kappa shape index (κ2) is 6.59. The Bertz CT molecular complexity index is 663. The molecular weight excluding hydrogens is 336 g/mol. The van der Waals surface area contributed by atoms with E-state index in [2.05, 4.69) is 5.32 Å². The summed E-state index contributed by atoms with van der Waals surface area (Å²) in [5.41, 5.74) is -0.786. The van der Waals surface area contributed by atoms with Crippen molar-refractivity contribution in [2.75, 3.05) is 18.6 Å². The molecule has 1 amide bonds. The summed E-state index contributed by atoms with van der Waals surface area (Å²) in [7, 11) is -0.731. The van der Waals surface area contributed by atoms with Crippen molar-refractivity contribution in [1.29, 1.82) is 0 Å². The van der Waals surface area contributed by atoms with Crippen LogP contribution in [-0.2, 0) is 19.9 Å². The van der Waals surface area contributed by atoms with Crippen LogP contribution in [0, 0.1) is 11.6 Å². The van der Waals surface area contributed by atoms with Crippen molar-refractivity contribution in [3.8, 4) is 0 Å². The molecule has 112 valence electrons. The molecule has 1 atom stereocenters. The minimum Gasteiger partial charge on any atom is -0.351 e. The Morgan fingerprint density at radius 3 is 2.50 bits per heavy atom. The molecule has 1 aromatic rings. The molecule has 5 nitrogen and oxygen atoms in total. The molecule has 0 radical (unpaired) electrons. The summed E-state index contributed by atoms with van der Waals surface area (Å²) >= 11 is 0. The largest absolute Gasteiger partial charge is 0.351 e. The third-order valence-corrected chi connectivity index (χ3v) is 4.29. The molecule has 1 rings (SSSR count). The number of benzene rings is 1. The van der Waals surface area contributed by atoms with E-state index in [0.29, 0.717) is 12.1 Å². The van der Waals surface area contributed by atoms with Crippen LogP contribution in [0.15, 0.2) is 17.0 Å². The van der Waals surface area contributed by atoms with E-state index in [1.807, 2.05) is 0 Å². The first-order valence-electron chi connectivity index (χ1n) is 5.15. The van der Waals surface area contributed by atoms with Crippen LogP contribution in [0.25, 0.3) is 0 Å². The van der Waals surface area contributed by atoms with Gasteiger partial charge in [-0.3, -0.25) is 9.00 Å². The molecule has 0 fully saturated rings. The Kier molecular flexibility index (Phi) is 5.60. The van der Waals surface area contributed by atoms with Gasteiger partial charge in [0, 0.05) is 40.0 Å². The smallest absolute Gasteiger partial charge is 0.264 e. The molecule has 0 spiro atoms. The fraction of sp³-hybridized carbons (Fsp3) is 0.300. The summed E-state index contributed by atoms with van der Waals surface area (Å²) in [5, 5.41) is 2.20. The first kappa shape index (κ1) is 17.0. The molecule has 0 aliphatic rings. The zero-order valence-corrected chi connectivity index (χ0v) is 12.5. The Balaban J connectivity index is 3.10. The Hall–Kier alpha value is -1.06. The SMILES string of the molecule is CS(=O)CCNC(=O)c1cc(F)cc(S(=O)(=O)Cl)c1F. The number of carbonyl (C=O) groups excluding carboxylic acids is 1. The average Bonchev–Trinajstić information content (AvgIpc) is 2.29. The monoisotopic (exact) mass is 345 g/mol. The van der Waals surface area contributed by atoms with Crippen molar-refractivity contribution in [3.05, 3.63) is 29.3 Å². The molecule has 0 aliphatic carbocycles. The first-order valence-corrected chi connectivity index (χ1v) is 9.18. The van der Waals surface area contributed by atoms with Crippen LogP contribution < -0.4 is 5.32 Å². The molecule has 1 unspecified atom stereocenters. The number of halogens is 3. The highest BCUT2D eigenvalue weighted by Gasteiger charge is 2.24. The zero-order valence-electron chi connectivity index (χ0n) is 10.2. The standard InChI is InChI=1S/C10H10ClF2NO4S2/c1-19(16)3-2-14-10(15)7-4-6(12)5-8(9(7)13)20(11,17)18/h4-5H,2-3H2,1H3,(H,14,15).